The van der Waals surface area contributed by atoms with Gasteiger partial charge in [0.1, 0.15) is 6.61 Å². The van der Waals surface area contributed by atoms with Crippen LogP contribution in [0.5, 0.6) is 17.2 Å². The Morgan fingerprint density at radius 2 is 1.67 bits per heavy atom. The van der Waals surface area contributed by atoms with Crippen LogP contribution in [0.15, 0.2) is 65.5 Å². The van der Waals surface area contributed by atoms with Gasteiger partial charge in [0.2, 0.25) is 11.8 Å². The van der Waals surface area contributed by atoms with E-state index >= 15 is 0 Å². The summed E-state index contributed by atoms with van der Waals surface area (Å²) in [5, 5.41) is 6.19. The molecule has 0 fully saturated rings. The van der Waals surface area contributed by atoms with Crippen molar-refractivity contribution < 1.29 is 23.8 Å². The molecule has 1 aliphatic heterocycles. The number of carbonyl (C=O) groups excluding carboxylic acids is 2. The smallest absolute Gasteiger partial charge is 0.329 e. The van der Waals surface area contributed by atoms with Crippen molar-refractivity contribution in [3.8, 4) is 17.2 Å². The van der Waals surface area contributed by atoms with Crippen LogP contribution in [0, 0.1) is 0 Å². The highest BCUT2D eigenvalue weighted by atomic mass is 35.5. The molecule has 226 valence electrons. The van der Waals surface area contributed by atoms with Gasteiger partial charge in [0, 0.05) is 30.3 Å². The molecule has 11 nitrogen and oxygen atoms in total. The third kappa shape index (κ3) is 7.19. The fourth-order valence-electron chi connectivity index (χ4n) is 4.99. The van der Waals surface area contributed by atoms with Crippen molar-refractivity contribution in [2.75, 3.05) is 50.1 Å². The van der Waals surface area contributed by atoms with E-state index in [9.17, 15) is 14.4 Å². The molecule has 0 bridgehead atoms. The molecule has 1 aliphatic rings. The summed E-state index contributed by atoms with van der Waals surface area (Å²) in [5.74, 6) is 0.743. The molecule has 3 aromatic carbocycles. The fourth-order valence-corrected chi connectivity index (χ4v) is 5.16. The minimum atomic E-state index is -0.353. The van der Waals surface area contributed by atoms with Crippen LogP contribution in [0.2, 0.25) is 5.02 Å². The summed E-state index contributed by atoms with van der Waals surface area (Å²) in [6, 6.07) is 17.6. The van der Waals surface area contributed by atoms with Crippen LogP contribution in [-0.2, 0) is 27.4 Å². The van der Waals surface area contributed by atoms with E-state index in [1.807, 2.05) is 32.0 Å². The number of hydrogen-bond donors (Lipinski definition) is 2. The molecule has 0 saturated carbocycles. The second-order valence-electron chi connectivity index (χ2n) is 9.93. The lowest BCUT2D eigenvalue weighted by Gasteiger charge is -2.21. The molecular formula is C31H34ClN5O6. The molecule has 2 N–H and O–H groups in total. The number of nitrogens with zero attached hydrogens (tertiary/aromatic N) is 3. The van der Waals surface area contributed by atoms with Crippen molar-refractivity contribution in [2.45, 2.75) is 26.9 Å². The van der Waals surface area contributed by atoms with Crippen LogP contribution < -0.4 is 25.8 Å². The van der Waals surface area contributed by atoms with Gasteiger partial charge in [-0.05, 0) is 62.4 Å². The lowest BCUT2D eigenvalue weighted by Crippen LogP contribution is -2.40. The number of para-hydroxylation sites is 2. The zero-order valence-corrected chi connectivity index (χ0v) is 24.9. The second kappa shape index (κ2) is 13.8. The quantitative estimate of drug-likeness (QED) is 0.341. The number of anilines is 2. The number of fused-ring (bicyclic) bond motifs is 3. The number of aromatic nitrogens is 2. The van der Waals surface area contributed by atoms with E-state index in [-0.39, 0.29) is 43.8 Å². The standard InChI is InChI=1S/C31H34ClN5O6/c1-3-36-24-11-10-22(18-25(24)37(4-2)31(36)40)33-29(38)19-35-13-14-41-15-16-42-27-7-5-6-8-28(27)43-26-12-9-21(32)17-23(26)34-30(39)20-35/h5-12,17-18H,3-4,13-16,19-20H2,1-2H3,(H,33,38)(H,34,39). The Morgan fingerprint density at radius 1 is 0.907 bits per heavy atom. The molecule has 0 saturated heterocycles. The van der Waals surface area contributed by atoms with E-state index in [1.165, 1.54) is 0 Å². The van der Waals surface area contributed by atoms with Crippen molar-refractivity contribution in [1.82, 2.24) is 14.0 Å². The highest BCUT2D eigenvalue weighted by Gasteiger charge is 2.19. The summed E-state index contributed by atoms with van der Waals surface area (Å²) in [7, 11) is 0. The average molecular weight is 608 g/mol. The third-order valence-corrected chi connectivity index (χ3v) is 7.23. The molecular weight excluding hydrogens is 574 g/mol. The number of ether oxygens (including phenoxy) is 3. The number of halogens is 1. The predicted octanol–water partition coefficient (Wildman–Crippen LogP) is 4.58. The van der Waals surface area contributed by atoms with Crippen LogP contribution in [0.3, 0.4) is 0 Å². The Balaban J connectivity index is 1.32. The number of benzene rings is 3. The number of amides is 2. The van der Waals surface area contributed by atoms with Gasteiger partial charge in [-0.2, -0.15) is 0 Å². The van der Waals surface area contributed by atoms with Crippen LogP contribution in [0.4, 0.5) is 11.4 Å². The highest BCUT2D eigenvalue weighted by molar-refractivity contribution is 6.31. The minimum Gasteiger partial charge on any atom is -0.487 e. The zero-order valence-electron chi connectivity index (χ0n) is 24.1. The lowest BCUT2D eigenvalue weighted by atomic mass is 10.2. The van der Waals surface area contributed by atoms with Gasteiger partial charge in [-0.1, -0.05) is 23.7 Å². The summed E-state index contributed by atoms with van der Waals surface area (Å²) < 4.78 is 21.1. The maximum atomic E-state index is 13.2. The summed E-state index contributed by atoms with van der Waals surface area (Å²) in [5.41, 5.74) is 2.42. The number of nitrogens with one attached hydrogen (secondary N) is 2. The fraction of sp³-hybridized carbons (Fsp3) is 0.323. The third-order valence-electron chi connectivity index (χ3n) is 6.99. The van der Waals surface area contributed by atoms with Gasteiger partial charge >= 0.3 is 5.69 Å². The van der Waals surface area contributed by atoms with E-state index in [4.69, 9.17) is 25.8 Å². The Morgan fingerprint density at radius 3 is 2.47 bits per heavy atom. The Hall–Kier alpha value is -4.32. The first-order chi connectivity index (χ1) is 20.9. The number of carbonyl (C=O) groups is 2. The summed E-state index contributed by atoms with van der Waals surface area (Å²) in [4.78, 5) is 40.7. The molecule has 5 rings (SSSR count). The molecule has 2 heterocycles. The molecule has 4 aromatic rings. The number of rotatable bonds is 5. The Kier molecular flexibility index (Phi) is 9.65. The van der Waals surface area contributed by atoms with Gasteiger partial charge in [0.25, 0.3) is 0 Å². The van der Waals surface area contributed by atoms with Crippen LogP contribution in [0.1, 0.15) is 13.8 Å². The van der Waals surface area contributed by atoms with E-state index in [1.54, 1.807) is 56.5 Å². The number of imidazole rings is 1. The molecule has 2 amide bonds. The molecule has 1 aromatic heterocycles. The largest absolute Gasteiger partial charge is 0.487 e. The Labute approximate surface area is 253 Å². The lowest BCUT2D eigenvalue weighted by molar-refractivity contribution is -0.120. The first kappa shape index (κ1) is 30.1. The summed E-state index contributed by atoms with van der Waals surface area (Å²) in [6.07, 6.45) is 0. The van der Waals surface area contributed by atoms with E-state index < -0.39 is 0 Å². The topological polar surface area (TPSA) is 116 Å². The minimum absolute atomic E-state index is 0.0633. The van der Waals surface area contributed by atoms with E-state index in [0.29, 0.717) is 59.9 Å². The normalized spacial score (nSPS) is 14.8. The van der Waals surface area contributed by atoms with Gasteiger partial charge < -0.3 is 24.8 Å². The molecule has 43 heavy (non-hydrogen) atoms. The van der Waals surface area contributed by atoms with Gasteiger partial charge in [-0.15, -0.1) is 0 Å². The van der Waals surface area contributed by atoms with Gasteiger partial charge in [0.05, 0.1) is 43.0 Å². The monoisotopic (exact) mass is 607 g/mol. The first-order valence-electron chi connectivity index (χ1n) is 14.2. The maximum Gasteiger partial charge on any atom is 0.329 e. The first-order valence-corrected chi connectivity index (χ1v) is 14.6. The highest BCUT2D eigenvalue weighted by Crippen LogP contribution is 2.36. The molecule has 0 atom stereocenters. The number of hydrogen-bond acceptors (Lipinski definition) is 7. The predicted molar refractivity (Wildman–Crippen MR) is 166 cm³/mol. The summed E-state index contributed by atoms with van der Waals surface area (Å²) in [6.45, 7) is 5.95. The SMILES string of the molecule is CCn1c(=O)n(CC)c2cc(NC(=O)CN3CCOCCOc4ccccc4Oc4ccc(Cl)cc4NC(=O)C3)ccc21. The number of aryl methyl sites for hydroxylation is 2. The molecule has 0 radical (unpaired) electrons. The van der Waals surface area contributed by atoms with Crippen LogP contribution in [0.25, 0.3) is 11.0 Å². The molecule has 0 aliphatic carbocycles. The zero-order chi connectivity index (χ0) is 30.3. The second-order valence-corrected chi connectivity index (χ2v) is 10.4. The van der Waals surface area contributed by atoms with Gasteiger partial charge in [0.15, 0.2) is 17.2 Å². The van der Waals surface area contributed by atoms with Crippen molar-refractivity contribution in [3.63, 3.8) is 0 Å². The average Bonchev–Trinajstić information content (AvgIpc) is 3.25. The van der Waals surface area contributed by atoms with Gasteiger partial charge in [-0.3, -0.25) is 23.6 Å². The van der Waals surface area contributed by atoms with Crippen LogP contribution in [-0.4, -0.2) is 65.3 Å². The van der Waals surface area contributed by atoms with E-state index in [0.717, 1.165) is 11.0 Å². The van der Waals surface area contributed by atoms with Gasteiger partial charge in [-0.25, -0.2) is 4.79 Å². The van der Waals surface area contributed by atoms with Crippen molar-refractivity contribution in [3.05, 3.63) is 76.2 Å². The molecule has 0 spiro atoms. The molecule has 12 heteroatoms. The van der Waals surface area contributed by atoms with Crippen LogP contribution >= 0.6 is 11.6 Å². The van der Waals surface area contributed by atoms with Crippen molar-refractivity contribution >= 4 is 45.8 Å². The Bertz CT molecular complexity index is 1680. The molecule has 0 unspecified atom stereocenters. The van der Waals surface area contributed by atoms with Crippen molar-refractivity contribution in [1.29, 1.82) is 0 Å². The summed E-state index contributed by atoms with van der Waals surface area (Å²) >= 11 is 6.24. The maximum absolute atomic E-state index is 13.2. The van der Waals surface area contributed by atoms with E-state index in [2.05, 4.69) is 10.6 Å². The van der Waals surface area contributed by atoms with Crippen molar-refractivity contribution in [2.24, 2.45) is 0 Å².